The number of unbranched alkanes of at least 4 members (excludes halogenated alkanes) is 1. The van der Waals surface area contributed by atoms with Crippen LogP contribution in [-0.4, -0.2) is 10.2 Å². The Balaban J connectivity index is 2.66. The normalized spacial score (nSPS) is 14.7. The van der Waals surface area contributed by atoms with E-state index < -0.39 is 6.10 Å². The van der Waals surface area contributed by atoms with E-state index in [9.17, 15) is 10.2 Å². The smallest absolute Gasteiger partial charge is 0.115 e. The molecule has 0 saturated carbocycles. The number of hydrogen-bond acceptors (Lipinski definition) is 2. The Bertz CT molecular complexity index is 292. The van der Waals surface area contributed by atoms with Crippen LogP contribution < -0.4 is 0 Å². The lowest BCUT2D eigenvalue weighted by atomic mass is 9.89. The van der Waals surface area contributed by atoms with Gasteiger partial charge in [0.1, 0.15) is 5.75 Å². The minimum atomic E-state index is -0.405. The van der Waals surface area contributed by atoms with Gasteiger partial charge in [-0.1, -0.05) is 45.2 Å². The Kier molecular flexibility index (Phi) is 5.33. The van der Waals surface area contributed by atoms with E-state index in [0.717, 1.165) is 24.8 Å². The van der Waals surface area contributed by atoms with Gasteiger partial charge in [-0.3, -0.25) is 0 Å². The quantitative estimate of drug-likeness (QED) is 0.771. The molecule has 2 heteroatoms. The minimum Gasteiger partial charge on any atom is -0.508 e. The number of aromatic hydroxyl groups is 1. The number of phenolic OH excluding ortho intramolecular Hbond substituents is 1. The third-order valence-electron chi connectivity index (χ3n) is 3.13. The van der Waals surface area contributed by atoms with Crippen LogP contribution in [0.1, 0.15) is 51.2 Å². The van der Waals surface area contributed by atoms with E-state index >= 15 is 0 Å². The summed E-state index contributed by atoms with van der Waals surface area (Å²) in [5, 5.41) is 19.4. The van der Waals surface area contributed by atoms with Gasteiger partial charge in [0, 0.05) is 0 Å². The molecule has 0 saturated heterocycles. The molecule has 0 aliphatic heterocycles. The van der Waals surface area contributed by atoms with Crippen molar-refractivity contribution >= 4 is 0 Å². The Hall–Kier alpha value is -1.02. The van der Waals surface area contributed by atoms with E-state index in [2.05, 4.69) is 13.8 Å². The van der Waals surface area contributed by atoms with Crippen LogP contribution in [0.5, 0.6) is 5.75 Å². The summed E-state index contributed by atoms with van der Waals surface area (Å²) in [6.07, 6.45) is 3.97. The van der Waals surface area contributed by atoms with Gasteiger partial charge in [0.2, 0.25) is 0 Å². The first-order chi connectivity index (χ1) is 7.69. The first kappa shape index (κ1) is 13.0. The van der Waals surface area contributed by atoms with Gasteiger partial charge in [0.05, 0.1) is 6.10 Å². The van der Waals surface area contributed by atoms with E-state index in [1.54, 1.807) is 24.3 Å². The molecular formula is C14H22O2. The zero-order valence-electron chi connectivity index (χ0n) is 10.2. The van der Waals surface area contributed by atoms with Crippen molar-refractivity contribution in [3.05, 3.63) is 29.8 Å². The maximum atomic E-state index is 10.2. The molecule has 0 fully saturated rings. The SMILES string of the molecule is CCCCC(CC)C(O)c1ccc(O)cc1. The summed E-state index contributed by atoms with van der Waals surface area (Å²) >= 11 is 0. The van der Waals surface area contributed by atoms with Gasteiger partial charge in [-0.05, 0) is 30.0 Å². The van der Waals surface area contributed by atoms with Crippen LogP contribution in [-0.2, 0) is 0 Å². The first-order valence-electron chi connectivity index (χ1n) is 6.16. The lowest BCUT2D eigenvalue weighted by Crippen LogP contribution is -2.11. The van der Waals surface area contributed by atoms with Gasteiger partial charge in [-0.2, -0.15) is 0 Å². The highest BCUT2D eigenvalue weighted by Gasteiger charge is 2.18. The van der Waals surface area contributed by atoms with Crippen LogP contribution in [0.3, 0.4) is 0 Å². The molecule has 0 amide bonds. The molecule has 2 atom stereocenters. The van der Waals surface area contributed by atoms with Crippen molar-refractivity contribution in [2.75, 3.05) is 0 Å². The van der Waals surface area contributed by atoms with Crippen molar-refractivity contribution in [1.82, 2.24) is 0 Å². The fraction of sp³-hybridized carbons (Fsp3) is 0.571. The second-order valence-corrected chi connectivity index (χ2v) is 4.35. The summed E-state index contributed by atoms with van der Waals surface area (Å²) in [5.41, 5.74) is 0.903. The van der Waals surface area contributed by atoms with Crippen LogP contribution in [0.25, 0.3) is 0 Å². The molecule has 90 valence electrons. The van der Waals surface area contributed by atoms with Gasteiger partial charge in [-0.15, -0.1) is 0 Å². The Labute approximate surface area is 97.9 Å². The molecule has 1 aromatic rings. The number of aliphatic hydroxyl groups is 1. The van der Waals surface area contributed by atoms with Crippen molar-refractivity contribution in [1.29, 1.82) is 0 Å². The first-order valence-corrected chi connectivity index (χ1v) is 6.16. The van der Waals surface area contributed by atoms with Crippen LogP contribution in [0.4, 0.5) is 0 Å². The monoisotopic (exact) mass is 222 g/mol. The summed E-state index contributed by atoms with van der Waals surface area (Å²) in [5.74, 6) is 0.571. The Morgan fingerprint density at radius 3 is 2.25 bits per heavy atom. The summed E-state index contributed by atoms with van der Waals surface area (Å²) in [7, 11) is 0. The summed E-state index contributed by atoms with van der Waals surface area (Å²) in [6, 6.07) is 6.86. The largest absolute Gasteiger partial charge is 0.508 e. The lowest BCUT2D eigenvalue weighted by molar-refractivity contribution is 0.0989. The highest BCUT2D eigenvalue weighted by molar-refractivity contribution is 5.27. The number of rotatable bonds is 6. The zero-order valence-corrected chi connectivity index (χ0v) is 10.2. The molecule has 1 rings (SSSR count). The standard InChI is InChI=1S/C14H22O2/c1-3-5-6-11(4-2)14(16)12-7-9-13(15)10-8-12/h7-11,14-16H,3-6H2,1-2H3. The lowest BCUT2D eigenvalue weighted by Gasteiger charge is -2.21. The number of hydrogen-bond donors (Lipinski definition) is 2. The third kappa shape index (κ3) is 3.53. The van der Waals surface area contributed by atoms with Crippen LogP contribution in [0.15, 0.2) is 24.3 Å². The van der Waals surface area contributed by atoms with Crippen LogP contribution in [0, 0.1) is 5.92 Å². The number of phenols is 1. The van der Waals surface area contributed by atoms with E-state index in [0.29, 0.717) is 5.92 Å². The Morgan fingerprint density at radius 2 is 1.75 bits per heavy atom. The second-order valence-electron chi connectivity index (χ2n) is 4.35. The fourth-order valence-corrected chi connectivity index (χ4v) is 2.00. The van der Waals surface area contributed by atoms with Crippen LogP contribution >= 0.6 is 0 Å². The van der Waals surface area contributed by atoms with Crippen molar-refractivity contribution in [3.8, 4) is 5.75 Å². The van der Waals surface area contributed by atoms with Gasteiger partial charge >= 0.3 is 0 Å². The van der Waals surface area contributed by atoms with Crippen molar-refractivity contribution in [2.45, 2.75) is 45.6 Å². The van der Waals surface area contributed by atoms with Gasteiger partial charge in [0.25, 0.3) is 0 Å². The summed E-state index contributed by atoms with van der Waals surface area (Å²) < 4.78 is 0. The van der Waals surface area contributed by atoms with Crippen LogP contribution in [0.2, 0.25) is 0 Å². The average Bonchev–Trinajstić information content (AvgIpc) is 2.30. The molecular weight excluding hydrogens is 200 g/mol. The molecule has 2 N–H and O–H groups in total. The van der Waals surface area contributed by atoms with E-state index in [1.165, 1.54) is 6.42 Å². The number of aliphatic hydroxyl groups excluding tert-OH is 1. The molecule has 0 spiro atoms. The number of benzene rings is 1. The summed E-state index contributed by atoms with van der Waals surface area (Å²) in [4.78, 5) is 0. The molecule has 0 radical (unpaired) electrons. The molecule has 0 aliphatic carbocycles. The fourth-order valence-electron chi connectivity index (χ4n) is 2.00. The van der Waals surface area contributed by atoms with Gasteiger partial charge in [0.15, 0.2) is 0 Å². The molecule has 0 bridgehead atoms. The van der Waals surface area contributed by atoms with Gasteiger partial charge < -0.3 is 10.2 Å². The second kappa shape index (κ2) is 6.54. The van der Waals surface area contributed by atoms with Crippen molar-refractivity contribution in [2.24, 2.45) is 5.92 Å². The molecule has 0 heterocycles. The Morgan fingerprint density at radius 1 is 1.12 bits per heavy atom. The predicted molar refractivity (Wildman–Crippen MR) is 66.4 cm³/mol. The topological polar surface area (TPSA) is 40.5 Å². The highest BCUT2D eigenvalue weighted by Crippen LogP contribution is 2.29. The summed E-state index contributed by atoms with van der Waals surface area (Å²) in [6.45, 7) is 4.28. The van der Waals surface area contributed by atoms with Crippen molar-refractivity contribution in [3.63, 3.8) is 0 Å². The molecule has 1 aromatic carbocycles. The molecule has 2 unspecified atom stereocenters. The molecule has 2 nitrogen and oxygen atoms in total. The highest BCUT2D eigenvalue weighted by atomic mass is 16.3. The zero-order chi connectivity index (χ0) is 12.0. The van der Waals surface area contributed by atoms with E-state index in [4.69, 9.17) is 0 Å². The predicted octanol–water partition coefficient (Wildman–Crippen LogP) is 3.64. The maximum Gasteiger partial charge on any atom is 0.115 e. The molecule has 0 aliphatic rings. The molecule has 0 aromatic heterocycles. The third-order valence-corrected chi connectivity index (χ3v) is 3.13. The van der Waals surface area contributed by atoms with E-state index in [1.807, 2.05) is 0 Å². The van der Waals surface area contributed by atoms with Crippen molar-refractivity contribution < 1.29 is 10.2 Å². The minimum absolute atomic E-state index is 0.248. The molecule has 16 heavy (non-hydrogen) atoms. The van der Waals surface area contributed by atoms with Gasteiger partial charge in [-0.25, -0.2) is 0 Å². The maximum absolute atomic E-state index is 10.2. The average molecular weight is 222 g/mol. The van der Waals surface area contributed by atoms with E-state index in [-0.39, 0.29) is 5.75 Å².